The SMILES string of the molecule is CCCCN(CCCN(C)C)C(=O)CN1C[C@H](c2ccc3c(c2)CCO3)[C@@H](C(=O)O)[C@@H]1CCNS(C)(=O)=O. The van der Waals surface area contributed by atoms with Gasteiger partial charge in [-0.15, -0.1) is 0 Å². The van der Waals surface area contributed by atoms with Crippen molar-refractivity contribution in [1.29, 1.82) is 0 Å². The van der Waals surface area contributed by atoms with Crippen molar-refractivity contribution in [3.05, 3.63) is 29.3 Å². The minimum absolute atomic E-state index is 0.00887. The van der Waals surface area contributed by atoms with Gasteiger partial charge >= 0.3 is 5.97 Å². The molecule has 1 saturated heterocycles. The van der Waals surface area contributed by atoms with E-state index in [0.29, 0.717) is 32.7 Å². The van der Waals surface area contributed by atoms with Crippen LogP contribution in [0.4, 0.5) is 0 Å². The van der Waals surface area contributed by atoms with E-state index in [-0.39, 0.29) is 24.9 Å². The van der Waals surface area contributed by atoms with Crippen LogP contribution in [0.1, 0.15) is 49.7 Å². The molecule has 1 aromatic carbocycles. The molecule has 38 heavy (non-hydrogen) atoms. The monoisotopic (exact) mass is 552 g/mol. The maximum atomic E-state index is 13.5. The summed E-state index contributed by atoms with van der Waals surface area (Å²) in [6.07, 6.45) is 4.93. The standard InChI is InChI=1S/C27H44N4O6S/c1-5-6-14-30(15-7-13-29(2)3)25(32)19-31-18-22(20-8-9-24-21(17-20)11-16-37-24)26(27(33)34)23(31)10-12-28-38(4,35)36/h8-9,17,22-23,26,28H,5-7,10-16,18-19H2,1-4H3,(H,33,34)/t22-,23+,26-/m1/s1. The summed E-state index contributed by atoms with van der Waals surface area (Å²) < 4.78 is 31.5. The second-order valence-corrected chi connectivity index (χ2v) is 12.6. The Kier molecular flexibility index (Phi) is 11.0. The number of nitrogens with zero attached hydrogens (tertiary/aromatic N) is 3. The number of nitrogens with one attached hydrogen (secondary N) is 1. The number of likely N-dealkylation sites (tertiary alicyclic amines) is 1. The van der Waals surface area contributed by atoms with Gasteiger partial charge in [0, 0.05) is 44.6 Å². The molecule has 0 aliphatic carbocycles. The average Bonchev–Trinajstić information content (AvgIpc) is 3.44. The molecule has 10 nitrogen and oxygen atoms in total. The van der Waals surface area contributed by atoms with Crippen molar-refractivity contribution < 1.29 is 27.9 Å². The number of unbranched alkanes of at least 4 members (excludes halogenated alkanes) is 1. The minimum atomic E-state index is -3.42. The Hall–Kier alpha value is -2.21. The number of aliphatic carboxylic acids is 1. The number of amides is 1. The topological polar surface area (TPSA) is 119 Å². The normalized spacial score (nSPS) is 21.4. The van der Waals surface area contributed by atoms with Crippen molar-refractivity contribution in [1.82, 2.24) is 19.4 Å². The largest absolute Gasteiger partial charge is 0.493 e. The number of benzene rings is 1. The molecule has 0 bridgehead atoms. The first kappa shape index (κ1) is 30.3. The molecule has 1 amide bonds. The molecule has 0 unspecified atom stereocenters. The van der Waals surface area contributed by atoms with Crippen LogP contribution in [-0.2, 0) is 26.0 Å². The Balaban J connectivity index is 1.83. The Bertz CT molecular complexity index is 1060. The van der Waals surface area contributed by atoms with Crippen LogP contribution in [0.25, 0.3) is 0 Å². The number of carboxylic acid groups (broad SMARTS) is 1. The van der Waals surface area contributed by atoms with Gasteiger partial charge in [0.25, 0.3) is 0 Å². The molecule has 11 heteroatoms. The lowest BCUT2D eigenvalue weighted by molar-refractivity contribution is -0.143. The van der Waals surface area contributed by atoms with Crippen LogP contribution >= 0.6 is 0 Å². The summed E-state index contributed by atoms with van der Waals surface area (Å²) in [5.41, 5.74) is 1.99. The average molecular weight is 553 g/mol. The maximum absolute atomic E-state index is 13.5. The highest BCUT2D eigenvalue weighted by molar-refractivity contribution is 7.88. The van der Waals surface area contributed by atoms with Crippen LogP contribution in [0, 0.1) is 5.92 Å². The van der Waals surface area contributed by atoms with Gasteiger partial charge in [-0.1, -0.05) is 25.5 Å². The third-order valence-corrected chi connectivity index (χ3v) is 8.21. The van der Waals surface area contributed by atoms with Crippen molar-refractivity contribution in [2.45, 2.75) is 51.0 Å². The van der Waals surface area contributed by atoms with E-state index in [4.69, 9.17) is 4.74 Å². The Morgan fingerprint density at radius 2 is 1.92 bits per heavy atom. The van der Waals surface area contributed by atoms with Crippen LogP contribution < -0.4 is 9.46 Å². The smallest absolute Gasteiger partial charge is 0.308 e. The summed E-state index contributed by atoms with van der Waals surface area (Å²) in [6, 6.07) is 5.39. The van der Waals surface area contributed by atoms with Crippen molar-refractivity contribution in [3.8, 4) is 5.75 Å². The van der Waals surface area contributed by atoms with Gasteiger partial charge in [-0.25, -0.2) is 13.1 Å². The van der Waals surface area contributed by atoms with Crippen LogP contribution in [0.3, 0.4) is 0 Å². The molecule has 3 atom stereocenters. The first-order valence-corrected chi connectivity index (χ1v) is 15.5. The number of carbonyl (C=O) groups is 2. The lowest BCUT2D eigenvalue weighted by Crippen LogP contribution is -2.46. The molecule has 0 spiro atoms. The summed E-state index contributed by atoms with van der Waals surface area (Å²) >= 11 is 0. The molecule has 2 N–H and O–H groups in total. The number of carboxylic acids is 1. The quantitative estimate of drug-likeness (QED) is 0.337. The second kappa shape index (κ2) is 13.7. The van der Waals surface area contributed by atoms with E-state index in [1.807, 2.05) is 42.1 Å². The van der Waals surface area contributed by atoms with Gasteiger partial charge < -0.3 is 19.6 Å². The number of carbonyl (C=O) groups excluding carboxylic acids is 1. The van der Waals surface area contributed by atoms with Gasteiger partial charge in [-0.2, -0.15) is 0 Å². The summed E-state index contributed by atoms with van der Waals surface area (Å²) in [5.74, 6) is -1.18. The van der Waals surface area contributed by atoms with Crippen LogP contribution in [0.15, 0.2) is 18.2 Å². The molecule has 0 radical (unpaired) electrons. The fourth-order valence-electron chi connectivity index (χ4n) is 5.58. The van der Waals surface area contributed by atoms with Gasteiger partial charge in [-0.3, -0.25) is 14.5 Å². The molecule has 1 aromatic rings. The first-order chi connectivity index (χ1) is 18.0. The molecule has 2 heterocycles. The zero-order chi connectivity index (χ0) is 27.9. The lowest BCUT2D eigenvalue weighted by atomic mass is 9.83. The molecule has 2 aliphatic rings. The predicted molar refractivity (Wildman–Crippen MR) is 147 cm³/mol. The van der Waals surface area contributed by atoms with Crippen molar-refractivity contribution in [2.24, 2.45) is 5.92 Å². The minimum Gasteiger partial charge on any atom is -0.493 e. The predicted octanol–water partition coefficient (Wildman–Crippen LogP) is 1.61. The van der Waals surface area contributed by atoms with E-state index in [9.17, 15) is 23.1 Å². The van der Waals surface area contributed by atoms with Gasteiger partial charge in [0.15, 0.2) is 0 Å². The Morgan fingerprint density at radius 1 is 1.18 bits per heavy atom. The highest BCUT2D eigenvalue weighted by atomic mass is 32.2. The van der Waals surface area contributed by atoms with Gasteiger partial charge in [0.2, 0.25) is 15.9 Å². The highest BCUT2D eigenvalue weighted by Crippen LogP contribution is 2.41. The zero-order valence-corrected chi connectivity index (χ0v) is 24.0. The summed E-state index contributed by atoms with van der Waals surface area (Å²) in [6.45, 7) is 5.57. The number of sulfonamides is 1. The third-order valence-electron chi connectivity index (χ3n) is 7.49. The fraction of sp³-hybridized carbons (Fsp3) is 0.704. The van der Waals surface area contributed by atoms with E-state index in [1.165, 1.54) is 0 Å². The molecule has 0 aromatic heterocycles. The van der Waals surface area contributed by atoms with Gasteiger partial charge in [0.05, 0.1) is 25.3 Å². The van der Waals surface area contributed by atoms with E-state index in [2.05, 4.69) is 16.5 Å². The maximum Gasteiger partial charge on any atom is 0.308 e. The molecule has 2 aliphatic heterocycles. The van der Waals surface area contributed by atoms with Crippen molar-refractivity contribution >= 4 is 21.9 Å². The van der Waals surface area contributed by atoms with E-state index in [1.54, 1.807) is 0 Å². The van der Waals surface area contributed by atoms with Crippen LogP contribution in [0.2, 0.25) is 0 Å². The van der Waals surface area contributed by atoms with E-state index in [0.717, 1.165) is 55.4 Å². The molecule has 1 fully saturated rings. The van der Waals surface area contributed by atoms with Crippen molar-refractivity contribution in [2.75, 3.05) is 66.2 Å². The lowest BCUT2D eigenvalue weighted by Gasteiger charge is -2.30. The molecule has 3 rings (SSSR count). The number of fused-ring (bicyclic) bond motifs is 1. The third kappa shape index (κ3) is 8.39. The summed E-state index contributed by atoms with van der Waals surface area (Å²) in [5, 5.41) is 10.3. The number of ether oxygens (including phenoxy) is 1. The van der Waals surface area contributed by atoms with Gasteiger partial charge in [0.1, 0.15) is 5.75 Å². The number of hydrogen-bond donors (Lipinski definition) is 2. The molecular weight excluding hydrogens is 508 g/mol. The van der Waals surface area contributed by atoms with E-state index >= 15 is 0 Å². The Morgan fingerprint density at radius 3 is 2.58 bits per heavy atom. The zero-order valence-electron chi connectivity index (χ0n) is 23.2. The number of rotatable bonds is 15. The van der Waals surface area contributed by atoms with Crippen LogP contribution in [-0.4, -0.2) is 112 Å². The second-order valence-electron chi connectivity index (χ2n) is 10.8. The summed E-state index contributed by atoms with van der Waals surface area (Å²) in [4.78, 5) is 32.1. The number of hydrogen-bond acceptors (Lipinski definition) is 7. The highest BCUT2D eigenvalue weighted by Gasteiger charge is 2.47. The van der Waals surface area contributed by atoms with E-state index < -0.39 is 28.0 Å². The Labute approximate surface area is 227 Å². The van der Waals surface area contributed by atoms with Crippen molar-refractivity contribution in [3.63, 3.8) is 0 Å². The van der Waals surface area contributed by atoms with Gasteiger partial charge in [-0.05, 0) is 57.1 Å². The van der Waals surface area contributed by atoms with Crippen LogP contribution in [0.5, 0.6) is 5.75 Å². The molecule has 214 valence electrons. The summed E-state index contributed by atoms with van der Waals surface area (Å²) in [7, 11) is 0.601. The molecular formula is C27H44N4O6S. The first-order valence-electron chi connectivity index (χ1n) is 13.6. The fourth-order valence-corrected chi connectivity index (χ4v) is 6.07. The molecule has 0 saturated carbocycles.